The summed E-state index contributed by atoms with van der Waals surface area (Å²) in [7, 11) is 0. The number of hydrogen-bond donors (Lipinski definition) is 2. The van der Waals surface area contributed by atoms with Gasteiger partial charge in [-0.2, -0.15) is 0 Å². The number of thiophene rings is 2. The molecule has 2 aromatic heterocycles. The Balaban J connectivity index is 1.63. The van der Waals surface area contributed by atoms with Gasteiger partial charge in [0, 0.05) is 27.8 Å². The van der Waals surface area contributed by atoms with E-state index in [0.29, 0.717) is 6.42 Å². The van der Waals surface area contributed by atoms with E-state index in [1.54, 1.807) is 11.3 Å². The Morgan fingerprint density at radius 1 is 1.00 bits per heavy atom. The number of halogens is 1. The molecule has 3 heterocycles. The highest BCUT2D eigenvalue weighted by atomic mass is 35.5. The zero-order valence-electron chi connectivity index (χ0n) is 14.3. The first-order chi connectivity index (χ1) is 13.2. The fraction of sp³-hybridized carbons (Fsp3) is 0.190. The van der Waals surface area contributed by atoms with Gasteiger partial charge in [0.1, 0.15) is 5.78 Å². The zero-order chi connectivity index (χ0) is 18.4. The first-order valence-corrected chi connectivity index (χ1v) is 10.9. The lowest BCUT2D eigenvalue weighted by atomic mass is 9.79. The van der Waals surface area contributed by atoms with E-state index in [1.165, 1.54) is 16.2 Å². The van der Waals surface area contributed by atoms with Crippen LogP contribution in [0.1, 0.15) is 28.1 Å². The topological polar surface area (TPSA) is 41.1 Å². The number of hydrogen-bond acceptors (Lipinski definition) is 5. The molecule has 2 N–H and O–H groups in total. The molecule has 0 saturated heterocycles. The summed E-state index contributed by atoms with van der Waals surface area (Å²) in [6.45, 7) is 0. The van der Waals surface area contributed by atoms with E-state index < -0.39 is 0 Å². The van der Waals surface area contributed by atoms with Crippen molar-refractivity contribution >= 4 is 51.4 Å². The van der Waals surface area contributed by atoms with Gasteiger partial charge in [0.05, 0.1) is 27.7 Å². The number of benzene rings is 1. The lowest BCUT2D eigenvalue weighted by Gasteiger charge is -2.31. The first-order valence-electron chi connectivity index (χ1n) is 8.85. The van der Waals surface area contributed by atoms with Crippen molar-refractivity contribution in [1.29, 1.82) is 0 Å². The molecule has 3 unspecified atom stereocenters. The molecule has 0 fully saturated rings. The Kier molecular flexibility index (Phi) is 4.31. The second-order valence-corrected chi connectivity index (χ2v) is 9.55. The van der Waals surface area contributed by atoms with E-state index in [-0.39, 0.29) is 23.7 Å². The molecule has 3 nitrogen and oxygen atoms in total. The largest absolute Gasteiger partial charge is 0.375 e. The van der Waals surface area contributed by atoms with Gasteiger partial charge in [-0.05, 0) is 35.7 Å². The third-order valence-electron chi connectivity index (χ3n) is 5.14. The van der Waals surface area contributed by atoms with Crippen LogP contribution in [0.3, 0.4) is 0 Å². The molecule has 3 aromatic rings. The predicted molar refractivity (Wildman–Crippen MR) is 114 cm³/mol. The van der Waals surface area contributed by atoms with Crippen LogP contribution in [0.15, 0.2) is 65.7 Å². The molecule has 6 heteroatoms. The van der Waals surface area contributed by atoms with E-state index in [2.05, 4.69) is 28.2 Å². The van der Waals surface area contributed by atoms with Gasteiger partial charge >= 0.3 is 0 Å². The summed E-state index contributed by atoms with van der Waals surface area (Å²) in [5, 5.41) is 9.21. The standard InChI is InChI=1S/C21H17ClN2OS2/c22-19-8-7-18(27-19)21-20-15(23-13-4-1-2-5-14(13)24-21)10-12(11-16(20)25)17-6-3-9-26-17/h1-10,12,20-21,23-24H,11H2. The maximum atomic E-state index is 13.3. The SMILES string of the molecule is O=C1CC(c2cccs2)C=C2Nc3ccccc3NC(c3ccc(Cl)s3)C12. The van der Waals surface area contributed by atoms with Crippen molar-refractivity contribution in [2.45, 2.75) is 18.4 Å². The molecule has 1 aliphatic heterocycles. The second-order valence-electron chi connectivity index (χ2n) is 6.83. The number of para-hydroxylation sites is 2. The predicted octanol–water partition coefficient (Wildman–Crippen LogP) is 6.30. The van der Waals surface area contributed by atoms with Crippen molar-refractivity contribution in [3.63, 3.8) is 0 Å². The number of ketones is 1. The van der Waals surface area contributed by atoms with Crippen LogP contribution < -0.4 is 10.6 Å². The highest BCUT2D eigenvalue weighted by molar-refractivity contribution is 7.16. The third-order valence-corrected chi connectivity index (χ3v) is 7.46. The molecule has 0 radical (unpaired) electrons. The summed E-state index contributed by atoms with van der Waals surface area (Å²) < 4.78 is 0.738. The summed E-state index contributed by atoms with van der Waals surface area (Å²) in [4.78, 5) is 15.6. The second kappa shape index (κ2) is 6.82. The van der Waals surface area contributed by atoms with E-state index in [9.17, 15) is 4.79 Å². The molecule has 27 heavy (non-hydrogen) atoms. The highest BCUT2D eigenvalue weighted by Crippen LogP contribution is 2.46. The number of Topliss-reactive ketones (excluding diaryl/α,β-unsaturated/α-hetero) is 1. The third kappa shape index (κ3) is 3.10. The molecule has 0 saturated carbocycles. The molecule has 0 bridgehead atoms. The summed E-state index contributed by atoms with van der Waals surface area (Å²) in [6, 6.07) is 16.1. The fourth-order valence-electron chi connectivity index (χ4n) is 3.92. The minimum Gasteiger partial charge on any atom is -0.375 e. The van der Waals surface area contributed by atoms with E-state index in [4.69, 9.17) is 11.6 Å². The molecule has 136 valence electrons. The van der Waals surface area contributed by atoms with Crippen LogP contribution in [0.25, 0.3) is 0 Å². The van der Waals surface area contributed by atoms with E-state index in [1.807, 2.05) is 42.5 Å². The summed E-state index contributed by atoms with van der Waals surface area (Å²) in [5.74, 6) is 0.144. The number of anilines is 2. The minimum atomic E-state index is -0.247. The maximum Gasteiger partial charge on any atom is 0.145 e. The van der Waals surface area contributed by atoms with Crippen LogP contribution in [0.4, 0.5) is 11.4 Å². The van der Waals surface area contributed by atoms with Crippen molar-refractivity contribution in [2.75, 3.05) is 10.6 Å². The number of fused-ring (bicyclic) bond motifs is 2. The normalized spacial score (nSPS) is 24.1. The lowest BCUT2D eigenvalue weighted by molar-refractivity contribution is -0.122. The quantitative estimate of drug-likeness (QED) is 0.519. The Morgan fingerprint density at radius 3 is 2.59 bits per heavy atom. The molecular weight excluding hydrogens is 396 g/mol. The Hall–Kier alpha value is -2.08. The molecule has 0 spiro atoms. The molecule has 1 aliphatic carbocycles. The van der Waals surface area contributed by atoms with Gasteiger partial charge in [-0.3, -0.25) is 4.79 Å². The maximum absolute atomic E-state index is 13.3. The average Bonchev–Trinajstić information content (AvgIpc) is 3.30. The molecule has 1 aromatic carbocycles. The van der Waals surface area contributed by atoms with Crippen LogP contribution >= 0.6 is 34.3 Å². The molecule has 3 atom stereocenters. The van der Waals surface area contributed by atoms with Crippen molar-refractivity contribution < 1.29 is 4.79 Å². The lowest BCUT2D eigenvalue weighted by Crippen LogP contribution is -2.33. The number of allylic oxidation sites excluding steroid dienone is 1. The number of carbonyl (C=O) groups is 1. The van der Waals surface area contributed by atoms with Crippen LogP contribution in [0.5, 0.6) is 0 Å². The zero-order valence-corrected chi connectivity index (χ0v) is 16.7. The Bertz CT molecular complexity index is 1020. The number of carbonyl (C=O) groups excluding carboxylic acids is 1. The summed E-state index contributed by atoms with van der Waals surface area (Å²) in [5.41, 5.74) is 2.98. The fourth-order valence-corrected chi connectivity index (χ4v) is 5.87. The van der Waals surface area contributed by atoms with Gasteiger partial charge in [0.25, 0.3) is 0 Å². The monoisotopic (exact) mass is 412 g/mol. The van der Waals surface area contributed by atoms with Gasteiger partial charge in [-0.1, -0.05) is 35.9 Å². The van der Waals surface area contributed by atoms with Crippen molar-refractivity contribution in [3.05, 3.63) is 79.8 Å². The molecule has 0 amide bonds. The van der Waals surface area contributed by atoms with E-state index >= 15 is 0 Å². The Morgan fingerprint density at radius 2 is 1.85 bits per heavy atom. The van der Waals surface area contributed by atoms with Gasteiger partial charge in [-0.15, -0.1) is 22.7 Å². The molecular formula is C21H17ClN2OS2. The van der Waals surface area contributed by atoms with Crippen LogP contribution in [0, 0.1) is 5.92 Å². The van der Waals surface area contributed by atoms with Gasteiger partial charge in [0.2, 0.25) is 0 Å². The first kappa shape index (κ1) is 17.0. The van der Waals surface area contributed by atoms with Crippen molar-refractivity contribution in [1.82, 2.24) is 0 Å². The minimum absolute atomic E-state index is 0.123. The smallest absolute Gasteiger partial charge is 0.145 e. The molecule has 5 rings (SSSR count). The molecule has 2 aliphatic rings. The van der Waals surface area contributed by atoms with E-state index in [0.717, 1.165) is 26.3 Å². The average molecular weight is 413 g/mol. The summed E-state index contributed by atoms with van der Waals surface area (Å²) in [6.07, 6.45) is 2.77. The van der Waals surface area contributed by atoms with Crippen molar-refractivity contribution in [2.24, 2.45) is 5.92 Å². The number of rotatable bonds is 2. The van der Waals surface area contributed by atoms with Crippen LogP contribution in [-0.2, 0) is 4.79 Å². The van der Waals surface area contributed by atoms with Gasteiger partial charge in [0.15, 0.2) is 0 Å². The highest BCUT2D eigenvalue weighted by Gasteiger charge is 2.40. The van der Waals surface area contributed by atoms with Crippen LogP contribution in [-0.4, -0.2) is 5.78 Å². The van der Waals surface area contributed by atoms with Crippen LogP contribution in [0.2, 0.25) is 4.34 Å². The van der Waals surface area contributed by atoms with Gasteiger partial charge in [-0.25, -0.2) is 0 Å². The number of nitrogens with one attached hydrogen (secondary N) is 2. The Labute approximate surface area is 170 Å². The van der Waals surface area contributed by atoms with Gasteiger partial charge < -0.3 is 10.6 Å². The van der Waals surface area contributed by atoms with Crippen molar-refractivity contribution in [3.8, 4) is 0 Å². The summed E-state index contributed by atoms with van der Waals surface area (Å²) >= 11 is 9.44.